The molecule has 0 atom stereocenters. The van der Waals surface area contributed by atoms with Crippen molar-refractivity contribution < 1.29 is 18.0 Å². The highest BCUT2D eigenvalue weighted by Crippen LogP contribution is 2.30. The number of amides is 1. The van der Waals surface area contributed by atoms with E-state index < -0.39 is 11.7 Å². The van der Waals surface area contributed by atoms with Gasteiger partial charge in [0.25, 0.3) is 5.91 Å². The summed E-state index contributed by atoms with van der Waals surface area (Å²) in [5.74, 6) is 0.0827. The lowest BCUT2D eigenvalue weighted by Gasteiger charge is -2.10. The largest absolute Gasteiger partial charge is 0.416 e. The van der Waals surface area contributed by atoms with Gasteiger partial charge in [0.2, 0.25) is 0 Å². The molecule has 1 heterocycles. The topological polar surface area (TPSA) is 54.0 Å². The fraction of sp³-hybridized carbons (Fsp3) is 0.294. The van der Waals surface area contributed by atoms with E-state index in [1.54, 1.807) is 12.1 Å². The Kier molecular flexibility index (Phi) is 5.43. The van der Waals surface area contributed by atoms with Crippen LogP contribution in [0.5, 0.6) is 0 Å². The number of hydrogen-bond acceptors (Lipinski definition) is 3. The summed E-state index contributed by atoms with van der Waals surface area (Å²) in [5, 5.41) is 5.70. The molecule has 0 saturated heterocycles. The van der Waals surface area contributed by atoms with Crippen molar-refractivity contribution in [2.45, 2.75) is 20.0 Å². The molecule has 1 amide bonds. The van der Waals surface area contributed by atoms with Crippen LogP contribution < -0.4 is 10.6 Å². The number of hydrogen-bond donors (Lipinski definition) is 2. The molecule has 1 aromatic carbocycles. The second kappa shape index (κ2) is 7.33. The standard InChI is InChI=1S/C17H18F3N3O/c1-11(2)9-22-16(24)15-8-7-14(10-21-15)23-13-5-3-12(4-6-13)17(18,19)20/h3-8,10-11,23H,9H2,1-2H3,(H,22,24). The fourth-order valence-electron chi connectivity index (χ4n) is 1.90. The van der Waals surface area contributed by atoms with Crippen LogP contribution >= 0.6 is 0 Å². The van der Waals surface area contributed by atoms with Gasteiger partial charge in [-0.3, -0.25) is 4.79 Å². The zero-order valence-electron chi connectivity index (χ0n) is 13.3. The summed E-state index contributed by atoms with van der Waals surface area (Å²) in [6, 6.07) is 7.89. The van der Waals surface area contributed by atoms with E-state index in [1.165, 1.54) is 18.3 Å². The molecule has 7 heteroatoms. The van der Waals surface area contributed by atoms with Crippen LogP contribution in [-0.2, 0) is 6.18 Å². The van der Waals surface area contributed by atoms with Crippen LogP contribution in [0.15, 0.2) is 42.6 Å². The first-order valence-electron chi connectivity index (χ1n) is 7.44. The maximum atomic E-state index is 12.5. The highest BCUT2D eigenvalue weighted by atomic mass is 19.4. The molecule has 1 aromatic heterocycles. The number of benzene rings is 1. The number of pyridine rings is 1. The first-order chi connectivity index (χ1) is 11.3. The minimum Gasteiger partial charge on any atom is -0.354 e. The number of halogens is 3. The molecule has 24 heavy (non-hydrogen) atoms. The maximum absolute atomic E-state index is 12.5. The summed E-state index contributed by atoms with van der Waals surface area (Å²) in [7, 11) is 0. The van der Waals surface area contributed by atoms with Crippen molar-refractivity contribution in [3.63, 3.8) is 0 Å². The predicted molar refractivity (Wildman–Crippen MR) is 86.1 cm³/mol. The number of carbonyl (C=O) groups excluding carboxylic acids is 1. The van der Waals surface area contributed by atoms with Crippen LogP contribution in [0.25, 0.3) is 0 Å². The Morgan fingerprint density at radius 2 is 1.71 bits per heavy atom. The van der Waals surface area contributed by atoms with Crippen molar-refractivity contribution in [3.05, 3.63) is 53.9 Å². The molecule has 2 N–H and O–H groups in total. The van der Waals surface area contributed by atoms with Gasteiger partial charge in [0.05, 0.1) is 17.4 Å². The first kappa shape index (κ1) is 17.8. The lowest BCUT2D eigenvalue weighted by atomic mass is 10.2. The van der Waals surface area contributed by atoms with Gasteiger partial charge in [-0.25, -0.2) is 4.98 Å². The highest BCUT2D eigenvalue weighted by molar-refractivity contribution is 5.92. The molecule has 0 saturated carbocycles. The summed E-state index contributed by atoms with van der Waals surface area (Å²) in [5.41, 5.74) is 0.661. The minimum atomic E-state index is -4.36. The van der Waals surface area contributed by atoms with E-state index in [0.717, 1.165) is 12.1 Å². The zero-order valence-corrected chi connectivity index (χ0v) is 13.3. The third-order valence-electron chi connectivity index (χ3n) is 3.17. The van der Waals surface area contributed by atoms with E-state index in [9.17, 15) is 18.0 Å². The third kappa shape index (κ3) is 4.97. The monoisotopic (exact) mass is 337 g/mol. The SMILES string of the molecule is CC(C)CNC(=O)c1ccc(Nc2ccc(C(F)(F)F)cc2)cn1. The summed E-state index contributed by atoms with van der Waals surface area (Å²) in [4.78, 5) is 15.9. The van der Waals surface area contributed by atoms with Gasteiger partial charge in [-0.1, -0.05) is 13.8 Å². The average Bonchev–Trinajstić information content (AvgIpc) is 2.53. The Bertz CT molecular complexity index is 680. The van der Waals surface area contributed by atoms with Gasteiger partial charge in [0.1, 0.15) is 5.69 Å². The molecule has 0 aliphatic carbocycles. The van der Waals surface area contributed by atoms with E-state index >= 15 is 0 Å². The molecule has 4 nitrogen and oxygen atoms in total. The number of carbonyl (C=O) groups is 1. The van der Waals surface area contributed by atoms with Crippen molar-refractivity contribution in [3.8, 4) is 0 Å². The van der Waals surface area contributed by atoms with Gasteiger partial charge in [-0.05, 0) is 42.3 Å². The number of anilines is 2. The lowest BCUT2D eigenvalue weighted by Crippen LogP contribution is -2.27. The van der Waals surface area contributed by atoms with Gasteiger partial charge in [0.15, 0.2) is 0 Å². The Morgan fingerprint density at radius 1 is 1.08 bits per heavy atom. The van der Waals surface area contributed by atoms with Crippen molar-refractivity contribution in [1.29, 1.82) is 0 Å². The Balaban J connectivity index is 2.00. The van der Waals surface area contributed by atoms with Gasteiger partial charge >= 0.3 is 6.18 Å². The van der Waals surface area contributed by atoms with Crippen molar-refractivity contribution in [1.82, 2.24) is 10.3 Å². The Hall–Kier alpha value is -2.57. The predicted octanol–water partition coefficient (Wildman–Crippen LogP) is 4.23. The zero-order chi connectivity index (χ0) is 17.7. The highest BCUT2D eigenvalue weighted by Gasteiger charge is 2.29. The number of aromatic nitrogens is 1. The van der Waals surface area contributed by atoms with E-state index in [-0.39, 0.29) is 11.6 Å². The maximum Gasteiger partial charge on any atom is 0.416 e. The quantitative estimate of drug-likeness (QED) is 0.858. The number of nitrogens with one attached hydrogen (secondary N) is 2. The number of rotatable bonds is 5. The van der Waals surface area contributed by atoms with Crippen LogP contribution in [0.2, 0.25) is 0 Å². The molecule has 0 aliphatic heterocycles. The van der Waals surface area contributed by atoms with E-state index in [0.29, 0.717) is 23.8 Å². The molecule has 2 aromatic rings. The average molecular weight is 337 g/mol. The molecule has 0 bridgehead atoms. The minimum absolute atomic E-state index is 0.259. The van der Waals surface area contributed by atoms with Crippen LogP contribution in [0.1, 0.15) is 29.9 Å². The summed E-state index contributed by atoms with van der Waals surface area (Å²) in [6.45, 7) is 4.54. The molecule has 0 aliphatic rings. The number of alkyl halides is 3. The molecule has 0 radical (unpaired) electrons. The van der Waals surface area contributed by atoms with Crippen molar-refractivity contribution in [2.75, 3.05) is 11.9 Å². The Labute approximate surface area is 138 Å². The van der Waals surface area contributed by atoms with Gasteiger partial charge in [-0.15, -0.1) is 0 Å². The molecule has 0 fully saturated rings. The third-order valence-corrected chi connectivity index (χ3v) is 3.17. The second-order valence-electron chi connectivity index (χ2n) is 5.74. The normalized spacial score (nSPS) is 11.4. The molecular weight excluding hydrogens is 319 g/mol. The summed E-state index contributed by atoms with van der Waals surface area (Å²) in [6.07, 6.45) is -2.90. The first-order valence-corrected chi connectivity index (χ1v) is 7.44. The van der Waals surface area contributed by atoms with Crippen LogP contribution in [-0.4, -0.2) is 17.4 Å². The van der Waals surface area contributed by atoms with Crippen LogP contribution in [0.3, 0.4) is 0 Å². The summed E-state index contributed by atoms with van der Waals surface area (Å²) < 4.78 is 37.5. The Morgan fingerprint density at radius 3 is 2.21 bits per heavy atom. The molecule has 2 rings (SSSR count). The van der Waals surface area contributed by atoms with E-state index in [1.807, 2.05) is 13.8 Å². The van der Waals surface area contributed by atoms with Gasteiger partial charge in [-0.2, -0.15) is 13.2 Å². The van der Waals surface area contributed by atoms with Crippen molar-refractivity contribution >= 4 is 17.3 Å². The molecule has 0 spiro atoms. The molecule has 0 unspecified atom stereocenters. The van der Waals surface area contributed by atoms with E-state index in [2.05, 4.69) is 15.6 Å². The second-order valence-corrected chi connectivity index (χ2v) is 5.74. The van der Waals surface area contributed by atoms with Crippen molar-refractivity contribution in [2.24, 2.45) is 5.92 Å². The van der Waals surface area contributed by atoms with Crippen LogP contribution in [0, 0.1) is 5.92 Å². The van der Waals surface area contributed by atoms with Gasteiger partial charge in [0, 0.05) is 12.2 Å². The molecular formula is C17H18F3N3O. The smallest absolute Gasteiger partial charge is 0.354 e. The lowest BCUT2D eigenvalue weighted by molar-refractivity contribution is -0.137. The fourth-order valence-corrected chi connectivity index (χ4v) is 1.90. The van der Waals surface area contributed by atoms with E-state index in [4.69, 9.17) is 0 Å². The summed E-state index contributed by atoms with van der Waals surface area (Å²) >= 11 is 0. The van der Waals surface area contributed by atoms with Crippen LogP contribution in [0.4, 0.5) is 24.5 Å². The van der Waals surface area contributed by atoms with Gasteiger partial charge < -0.3 is 10.6 Å². The molecule has 128 valence electrons. The number of nitrogens with zero attached hydrogens (tertiary/aromatic N) is 1.